The summed E-state index contributed by atoms with van der Waals surface area (Å²) in [6.07, 6.45) is 2.71. The molecular weight excluding hydrogens is 512 g/mol. The van der Waals surface area contributed by atoms with Crippen molar-refractivity contribution in [1.29, 1.82) is 0 Å². The molecule has 0 aliphatic carbocycles. The highest BCUT2D eigenvalue weighted by Crippen LogP contribution is 2.43. The Bertz CT molecular complexity index is 1550. The molecule has 5 rings (SSSR count). The number of fused-ring (bicyclic) bond motifs is 1. The zero-order valence-corrected chi connectivity index (χ0v) is 23.1. The van der Waals surface area contributed by atoms with E-state index in [-0.39, 0.29) is 11.8 Å². The molecule has 2 heterocycles. The molecule has 0 spiro atoms. The van der Waals surface area contributed by atoms with E-state index in [0.717, 1.165) is 33.8 Å². The van der Waals surface area contributed by atoms with E-state index in [4.69, 9.17) is 4.74 Å². The van der Waals surface area contributed by atoms with Gasteiger partial charge in [0.15, 0.2) is 0 Å². The fourth-order valence-corrected chi connectivity index (χ4v) is 5.21. The standard InChI is InChI=1S/C32H33F2N3O3/c1-19-6-5-7-25(30(19)38)27-18-35-28-9-8-20(21-14-22(33)17-23(34)15-21)16-26(28)29(27)37-12-10-24(11-13-37)36-31(39)40-32(2,3)4/h5-9,14-18,24,38H,10-13H2,1-4H3,(H,36,39). The Morgan fingerprint density at radius 2 is 1.70 bits per heavy atom. The van der Waals surface area contributed by atoms with Gasteiger partial charge in [-0.1, -0.05) is 24.3 Å². The number of para-hydroxylation sites is 1. The maximum absolute atomic E-state index is 14.1. The SMILES string of the molecule is Cc1cccc(-c2cnc3ccc(-c4cc(F)cc(F)c4)cc3c2N2CCC(NC(=O)OC(C)(C)C)CC2)c1O. The summed E-state index contributed by atoms with van der Waals surface area (Å²) in [5.74, 6) is -1.12. The van der Waals surface area contributed by atoms with Crippen LogP contribution in [0.5, 0.6) is 5.75 Å². The minimum atomic E-state index is -0.647. The summed E-state index contributed by atoms with van der Waals surface area (Å²) in [7, 11) is 0. The minimum absolute atomic E-state index is 0.0409. The van der Waals surface area contributed by atoms with Gasteiger partial charge in [0.05, 0.1) is 11.2 Å². The highest BCUT2D eigenvalue weighted by molar-refractivity contribution is 6.02. The lowest BCUT2D eigenvalue weighted by Crippen LogP contribution is -2.46. The molecule has 4 aromatic rings. The Balaban J connectivity index is 1.56. The number of aromatic nitrogens is 1. The second-order valence-electron chi connectivity index (χ2n) is 11.3. The van der Waals surface area contributed by atoms with Crippen LogP contribution in [0.4, 0.5) is 19.3 Å². The van der Waals surface area contributed by atoms with Crippen LogP contribution in [-0.4, -0.2) is 40.9 Å². The number of halogens is 2. The summed E-state index contributed by atoms with van der Waals surface area (Å²) in [5.41, 5.74) is 4.26. The normalized spacial score (nSPS) is 14.4. The summed E-state index contributed by atoms with van der Waals surface area (Å²) in [5, 5.41) is 14.8. The van der Waals surface area contributed by atoms with Crippen LogP contribution in [0.25, 0.3) is 33.2 Å². The number of benzene rings is 3. The van der Waals surface area contributed by atoms with Gasteiger partial charge in [-0.2, -0.15) is 0 Å². The first-order valence-corrected chi connectivity index (χ1v) is 13.4. The molecule has 0 saturated carbocycles. The van der Waals surface area contributed by atoms with Crippen LogP contribution in [0.2, 0.25) is 0 Å². The average molecular weight is 546 g/mol. The van der Waals surface area contributed by atoms with E-state index in [0.29, 0.717) is 42.6 Å². The maximum Gasteiger partial charge on any atom is 0.407 e. The average Bonchev–Trinajstić information content (AvgIpc) is 2.88. The number of rotatable bonds is 4. The summed E-state index contributed by atoms with van der Waals surface area (Å²) < 4.78 is 33.5. The van der Waals surface area contributed by atoms with Crippen molar-refractivity contribution in [3.63, 3.8) is 0 Å². The second kappa shape index (κ2) is 10.8. The highest BCUT2D eigenvalue weighted by Gasteiger charge is 2.27. The first kappa shape index (κ1) is 27.4. The van der Waals surface area contributed by atoms with Crippen molar-refractivity contribution in [2.24, 2.45) is 0 Å². The molecule has 0 radical (unpaired) electrons. The molecule has 1 saturated heterocycles. The Hall–Kier alpha value is -4.20. The van der Waals surface area contributed by atoms with Crippen LogP contribution in [0.3, 0.4) is 0 Å². The van der Waals surface area contributed by atoms with Crippen LogP contribution < -0.4 is 10.2 Å². The van der Waals surface area contributed by atoms with E-state index >= 15 is 0 Å². The fourth-order valence-electron chi connectivity index (χ4n) is 5.21. The predicted octanol–water partition coefficient (Wildman–Crippen LogP) is 7.35. The topological polar surface area (TPSA) is 74.7 Å². The predicted molar refractivity (Wildman–Crippen MR) is 154 cm³/mol. The number of aryl methyl sites for hydroxylation is 1. The van der Waals surface area contributed by atoms with Crippen molar-refractivity contribution >= 4 is 22.7 Å². The number of anilines is 1. The first-order chi connectivity index (χ1) is 19.0. The number of pyridine rings is 1. The van der Waals surface area contributed by atoms with E-state index in [1.165, 1.54) is 12.1 Å². The van der Waals surface area contributed by atoms with E-state index in [2.05, 4.69) is 15.2 Å². The van der Waals surface area contributed by atoms with Crippen molar-refractivity contribution in [1.82, 2.24) is 10.3 Å². The van der Waals surface area contributed by atoms with Crippen molar-refractivity contribution in [2.45, 2.75) is 52.2 Å². The lowest BCUT2D eigenvalue weighted by Gasteiger charge is -2.36. The Morgan fingerprint density at radius 1 is 1.00 bits per heavy atom. The molecular formula is C32H33F2N3O3. The van der Waals surface area contributed by atoms with Gasteiger partial charge in [-0.15, -0.1) is 0 Å². The number of nitrogens with one attached hydrogen (secondary N) is 1. The maximum atomic E-state index is 14.1. The van der Waals surface area contributed by atoms with Gasteiger partial charge in [0.1, 0.15) is 23.0 Å². The molecule has 6 nitrogen and oxygen atoms in total. The monoisotopic (exact) mass is 545 g/mol. The van der Waals surface area contributed by atoms with Crippen LogP contribution in [0.15, 0.2) is 60.8 Å². The molecule has 1 fully saturated rings. The van der Waals surface area contributed by atoms with Gasteiger partial charge in [0.25, 0.3) is 0 Å². The number of phenolic OH excluding ortho intramolecular Hbond substituents is 1. The van der Waals surface area contributed by atoms with Crippen molar-refractivity contribution in [3.05, 3.63) is 78.0 Å². The lowest BCUT2D eigenvalue weighted by molar-refractivity contribution is 0.0497. The van der Waals surface area contributed by atoms with E-state index in [1.54, 1.807) is 12.3 Å². The van der Waals surface area contributed by atoms with Crippen LogP contribution in [0, 0.1) is 18.6 Å². The van der Waals surface area contributed by atoms with Gasteiger partial charge in [0, 0.05) is 47.9 Å². The van der Waals surface area contributed by atoms with E-state index in [1.807, 2.05) is 58.0 Å². The zero-order valence-electron chi connectivity index (χ0n) is 23.1. The fraction of sp³-hybridized carbons (Fsp3) is 0.312. The number of piperidine rings is 1. The highest BCUT2D eigenvalue weighted by atomic mass is 19.1. The molecule has 2 N–H and O–H groups in total. The molecule has 208 valence electrons. The molecule has 0 atom stereocenters. The number of hydrogen-bond acceptors (Lipinski definition) is 5. The number of alkyl carbamates (subject to hydrolysis) is 1. The van der Waals surface area contributed by atoms with Gasteiger partial charge < -0.3 is 20.1 Å². The van der Waals surface area contributed by atoms with Crippen LogP contribution in [-0.2, 0) is 4.74 Å². The van der Waals surface area contributed by atoms with Crippen LogP contribution in [0.1, 0.15) is 39.2 Å². The Morgan fingerprint density at radius 3 is 2.38 bits per heavy atom. The van der Waals surface area contributed by atoms with E-state index < -0.39 is 23.3 Å². The summed E-state index contributed by atoms with van der Waals surface area (Å²) in [4.78, 5) is 19.3. The van der Waals surface area contributed by atoms with Crippen molar-refractivity contribution in [3.8, 4) is 28.0 Å². The third kappa shape index (κ3) is 5.86. The van der Waals surface area contributed by atoms with Gasteiger partial charge in [-0.3, -0.25) is 4.98 Å². The van der Waals surface area contributed by atoms with Crippen molar-refractivity contribution < 1.29 is 23.4 Å². The molecule has 3 aromatic carbocycles. The quantitative estimate of drug-likeness (QED) is 0.280. The molecule has 1 amide bonds. The molecule has 1 aromatic heterocycles. The Labute approximate surface area is 232 Å². The molecule has 8 heteroatoms. The molecule has 1 aliphatic rings. The van der Waals surface area contributed by atoms with Gasteiger partial charge in [-0.05, 0) is 81.5 Å². The van der Waals surface area contributed by atoms with E-state index in [9.17, 15) is 18.7 Å². The second-order valence-corrected chi connectivity index (χ2v) is 11.3. The van der Waals surface area contributed by atoms with Gasteiger partial charge in [-0.25, -0.2) is 13.6 Å². The number of ether oxygens (including phenoxy) is 1. The number of hydrogen-bond donors (Lipinski definition) is 2. The van der Waals surface area contributed by atoms with Crippen LogP contribution >= 0.6 is 0 Å². The van der Waals surface area contributed by atoms with Gasteiger partial charge >= 0.3 is 6.09 Å². The smallest absolute Gasteiger partial charge is 0.407 e. The lowest BCUT2D eigenvalue weighted by atomic mass is 9.95. The minimum Gasteiger partial charge on any atom is -0.507 e. The van der Waals surface area contributed by atoms with Crippen molar-refractivity contribution in [2.75, 3.05) is 18.0 Å². The number of phenols is 1. The largest absolute Gasteiger partial charge is 0.507 e. The first-order valence-electron chi connectivity index (χ1n) is 13.4. The molecule has 0 bridgehead atoms. The number of amides is 1. The number of aromatic hydroxyl groups is 1. The molecule has 40 heavy (non-hydrogen) atoms. The molecule has 0 unspecified atom stereocenters. The Kier molecular flexibility index (Phi) is 7.36. The third-order valence-electron chi connectivity index (χ3n) is 7.10. The summed E-state index contributed by atoms with van der Waals surface area (Å²) >= 11 is 0. The number of nitrogens with zero attached hydrogens (tertiary/aromatic N) is 2. The zero-order chi connectivity index (χ0) is 28.6. The van der Waals surface area contributed by atoms with Gasteiger partial charge in [0.2, 0.25) is 0 Å². The molecule has 1 aliphatic heterocycles. The summed E-state index contributed by atoms with van der Waals surface area (Å²) in [6.45, 7) is 8.61. The number of carbonyl (C=O) groups excluding carboxylic acids is 1. The summed E-state index contributed by atoms with van der Waals surface area (Å²) in [6, 6.07) is 14.6. The number of carbonyl (C=O) groups is 1. The third-order valence-corrected chi connectivity index (χ3v) is 7.10.